The van der Waals surface area contributed by atoms with Gasteiger partial charge in [-0.2, -0.15) is 0 Å². The molecule has 0 aliphatic carbocycles. The molecule has 112 valence electrons. The molecule has 2 aromatic rings. The maximum atomic E-state index is 5.85. The van der Waals surface area contributed by atoms with E-state index in [1.807, 2.05) is 30.6 Å². The van der Waals surface area contributed by atoms with Crippen molar-refractivity contribution in [3.8, 4) is 5.75 Å². The number of nitrogens with zero attached hydrogens (tertiary/aromatic N) is 1. The molecule has 1 aromatic heterocycles. The van der Waals surface area contributed by atoms with Crippen molar-refractivity contribution in [2.24, 2.45) is 0 Å². The summed E-state index contributed by atoms with van der Waals surface area (Å²) in [7, 11) is 0. The van der Waals surface area contributed by atoms with E-state index in [1.54, 1.807) is 0 Å². The van der Waals surface area contributed by atoms with Crippen molar-refractivity contribution >= 4 is 0 Å². The molecular weight excluding hydrogens is 260 g/mol. The highest BCUT2D eigenvalue weighted by atomic mass is 16.5. The monoisotopic (exact) mass is 284 g/mol. The molecule has 3 nitrogen and oxygen atoms in total. The lowest BCUT2D eigenvalue weighted by Crippen LogP contribution is -2.32. The van der Waals surface area contributed by atoms with E-state index in [4.69, 9.17) is 4.74 Å². The lowest BCUT2D eigenvalue weighted by molar-refractivity contribution is 0.285. The Kier molecular flexibility index (Phi) is 6.22. The van der Waals surface area contributed by atoms with Crippen LogP contribution in [0.1, 0.15) is 24.5 Å². The van der Waals surface area contributed by atoms with Crippen LogP contribution in [0.4, 0.5) is 0 Å². The van der Waals surface area contributed by atoms with Crippen LogP contribution in [-0.4, -0.2) is 24.2 Å². The highest BCUT2D eigenvalue weighted by Gasteiger charge is 2.09. The van der Waals surface area contributed by atoms with Gasteiger partial charge in [0.1, 0.15) is 5.75 Å². The number of hydrogen-bond donors (Lipinski definition) is 1. The first kappa shape index (κ1) is 15.5. The molecule has 0 amide bonds. The highest BCUT2D eigenvalue weighted by molar-refractivity contribution is 5.27. The van der Waals surface area contributed by atoms with E-state index in [-0.39, 0.29) is 0 Å². The Bertz CT molecular complexity index is 528. The third kappa shape index (κ3) is 5.56. The van der Waals surface area contributed by atoms with Gasteiger partial charge in [-0.05, 0) is 55.6 Å². The summed E-state index contributed by atoms with van der Waals surface area (Å²) in [6.07, 6.45) is 5.72. The fourth-order valence-corrected chi connectivity index (χ4v) is 2.39. The van der Waals surface area contributed by atoms with Crippen molar-refractivity contribution in [3.05, 3.63) is 59.9 Å². The fourth-order valence-electron chi connectivity index (χ4n) is 2.39. The molecule has 1 heterocycles. The highest BCUT2D eigenvalue weighted by Crippen LogP contribution is 2.13. The summed E-state index contributed by atoms with van der Waals surface area (Å²) in [5, 5.41) is 3.52. The van der Waals surface area contributed by atoms with Crippen LogP contribution >= 0.6 is 0 Å². The first-order chi connectivity index (χ1) is 10.3. The average Bonchev–Trinajstić information content (AvgIpc) is 2.48. The van der Waals surface area contributed by atoms with Gasteiger partial charge >= 0.3 is 0 Å². The van der Waals surface area contributed by atoms with Gasteiger partial charge in [-0.15, -0.1) is 0 Å². The summed E-state index contributed by atoms with van der Waals surface area (Å²) >= 11 is 0. The van der Waals surface area contributed by atoms with Crippen LogP contribution in [0.25, 0.3) is 0 Å². The Morgan fingerprint density at radius 2 is 2.14 bits per heavy atom. The second-order valence-electron chi connectivity index (χ2n) is 5.27. The van der Waals surface area contributed by atoms with E-state index in [0.717, 1.165) is 31.7 Å². The van der Waals surface area contributed by atoms with Crippen molar-refractivity contribution < 1.29 is 4.74 Å². The van der Waals surface area contributed by atoms with E-state index in [0.29, 0.717) is 6.04 Å². The number of benzene rings is 1. The van der Waals surface area contributed by atoms with Crippen molar-refractivity contribution in [1.29, 1.82) is 0 Å². The summed E-state index contributed by atoms with van der Waals surface area (Å²) in [6, 6.07) is 12.7. The Morgan fingerprint density at radius 3 is 2.86 bits per heavy atom. The molecule has 2 rings (SSSR count). The molecule has 0 aliphatic rings. The lowest BCUT2D eigenvalue weighted by Gasteiger charge is -2.18. The predicted octanol–water partition coefficient (Wildman–Crippen LogP) is 3.38. The first-order valence-electron chi connectivity index (χ1n) is 7.59. The van der Waals surface area contributed by atoms with Crippen LogP contribution in [0, 0.1) is 6.92 Å². The van der Waals surface area contributed by atoms with Gasteiger partial charge in [0.25, 0.3) is 0 Å². The van der Waals surface area contributed by atoms with Gasteiger partial charge in [-0.25, -0.2) is 0 Å². The van der Waals surface area contributed by atoms with Gasteiger partial charge in [-0.3, -0.25) is 4.98 Å². The Morgan fingerprint density at radius 1 is 1.24 bits per heavy atom. The number of hydrogen-bond acceptors (Lipinski definition) is 3. The summed E-state index contributed by atoms with van der Waals surface area (Å²) in [5.41, 5.74) is 2.49. The van der Waals surface area contributed by atoms with E-state index >= 15 is 0 Å². The number of pyridine rings is 1. The standard InChI is InChI=1S/C18H24N2O/c1-3-20-17(13-16-7-5-10-19-14-16)9-11-21-18-8-4-6-15(2)12-18/h4-8,10,12,14,17,20H,3,9,11,13H2,1-2H3. The maximum absolute atomic E-state index is 5.85. The van der Waals surface area contributed by atoms with Crippen LogP contribution in [0.2, 0.25) is 0 Å². The van der Waals surface area contributed by atoms with Gasteiger partial charge < -0.3 is 10.1 Å². The summed E-state index contributed by atoms with van der Waals surface area (Å²) in [6.45, 7) is 5.91. The average molecular weight is 284 g/mol. The predicted molar refractivity (Wildman–Crippen MR) is 86.7 cm³/mol. The zero-order valence-electron chi connectivity index (χ0n) is 12.9. The SMILES string of the molecule is CCNC(CCOc1cccc(C)c1)Cc1cccnc1. The second-order valence-corrected chi connectivity index (χ2v) is 5.27. The third-order valence-corrected chi connectivity index (χ3v) is 3.42. The molecule has 0 saturated carbocycles. The van der Waals surface area contributed by atoms with Crippen molar-refractivity contribution in [2.45, 2.75) is 32.7 Å². The Labute approximate surface area is 127 Å². The Balaban J connectivity index is 1.82. The van der Waals surface area contributed by atoms with E-state index < -0.39 is 0 Å². The minimum Gasteiger partial charge on any atom is -0.494 e. The molecule has 21 heavy (non-hydrogen) atoms. The zero-order chi connectivity index (χ0) is 14.9. The van der Waals surface area contributed by atoms with Gasteiger partial charge in [-0.1, -0.05) is 25.1 Å². The molecule has 1 N–H and O–H groups in total. The number of likely N-dealkylation sites (N-methyl/N-ethyl adjacent to an activating group) is 1. The number of ether oxygens (including phenoxy) is 1. The van der Waals surface area contributed by atoms with Crippen LogP contribution < -0.4 is 10.1 Å². The van der Waals surface area contributed by atoms with Crippen LogP contribution in [0.15, 0.2) is 48.8 Å². The molecule has 0 spiro atoms. The second kappa shape index (κ2) is 8.42. The van der Waals surface area contributed by atoms with E-state index in [1.165, 1.54) is 11.1 Å². The van der Waals surface area contributed by atoms with E-state index in [9.17, 15) is 0 Å². The molecule has 0 saturated heterocycles. The lowest BCUT2D eigenvalue weighted by atomic mass is 10.1. The topological polar surface area (TPSA) is 34.1 Å². The fraction of sp³-hybridized carbons (Fsp3) is 0.389. The molecule has 0 fully saturated rings. The molecular formula is C18H24N2O. The molecule has 0 aliphatic heterocycles. The zero-order valence-corrected chi connectivity index (χ0v) is 12.9. The minimum absolute atomic E-state index is 0.420. The van der Waals surface area contributed by atoms with Crippen LogP contribution in [0.5, 0.6) is 5.75 Å². The normalized spacial score (nSPS) is 12.1. The number of aryl methyl sites for hydroxylation is 1. The molecule has 1 unspecified atom stereocenters. The minimum atomic E-state index is 0.420. The van der Waals surface area contributed by atoms with Crippen LogP contribution in [-0.2, 0) is 6.42 Å². The summed E-state index contributed by atoms with van der Waals surface area (Å²) in [4.78, 5) is 4.18. The molecule has 1 atom stereocenters. The molecule has 1 aromatic carbocycles. The smallest absolute Gasteiger partial charge is 0.119 e. The van der Waals surface area contributed by atoms with Gasteiger partial charge in [0.05, 0.1) is 6.61 Å². The van der Waals surface area contributed by atoms with Crippen LogP contribution in [0.3, 0.4) is 0 Å². The maximum Gasteiger partial charge on any atom is 0.119 e. The molecule has 0 radical (unpaired) electrons. The quantitative estimate of drug-likeness (QED) is 0.807. The number of aromatic nitrogens is 1. The van der Waals surface area contributed by atoms with E-state index in [2.05, 4.69) is 42.3 Å². The number of rotatable bonds is 8. The van der Waals surface area contributed by atoms with Gasteiger partial charge in [0.2, 0.25) is 0 Å². The molecule has 3 heteroatoms. The Hall–Kier alpha value is -1.87. The van der Waals surface area contributed by atoms with Crippen molar-refractivity contribution in [2.75, 3.05) is 13.2 Å². The first-order valence-corrected chi connectivity index (χ1v) is 7.59. The largest absolute Gasteiger partial charge is 0.494 e. The number of nitrogens with one attached hydrogen (secondary N) is 1. The van der Waals surface area contributed by atoms with Gasteiger partial charge in [0, 0.05) is 18.4 Å². The summed E-state index contributed by atoms with van der Waals surface area (Å²) < 4.78 is 5.85. The van der Waals surface area contributed by atoms with Crippen molar-refractivity contribution in [3.63, 3.8) is 0 Å². The van der Waals surface area contributed by atoms with Gasteiger partial charge in [0.15, 0.2) is 0 Å². The van der Waals surface area contributed by atoms with Crippen molar-refractivity contribution in [1.82, 2.24) is 10.3 Å². The molecule has 0 bridgehead atoms. The summed E-state index contributed by atoms with van der Waals surface area (Å²) in [5.74, 6) is 0.951. The third-order valence-electron chi connectivity index (χ3n) is 3.42.